The molecule has 3 rings (SSSR count). The molecule has 0 N–H and O–H groups in total. The first-order chi connectivity index (χ1) is 12.2. The van der Waals surface area contributed by atoms with E-state index in [9.17, 15) is 0 Å². The van der Waals surface area contributed by atoms with E-state index in [-0.39, 0.29) is 0 Å². The van der Waals surface area contributed by atoms with E-state index in [0.29, 0.717) is 40.4 Å². The lowest BCUT2D eigenvalue weighted by atomic mass is 9.99. The van der Waals surface area contributed by atoms with Gasteiger partial charge >= 0.3 is 0 Å². The highest BCUT2D eigenvalue weighted by atomic mass is 35.5. The lowest BCUT2D eigenvalue weighted by molar-refractivity contribution is 0.221. The Labute approximate surface area is 151 Å². The number of ether oxygens (including phenoxy) is 1. The molecule has 7 heteroatoms. The number of pyridine rings is 2. The Morgan fingerprint density at radius 3 is 2.84 bits per heavy atom. The first-order valence-electron chi connectivity index (χ1n) is 7.99. The summed E-state index contributed by atoms with van der Waals surface area (Å²) in [6.07, 6.45) is 5.17. The second-order valence-electron chi connectivity index (χ2n) is 5.90. The van der Waals surface area contributed by atoms with Gasteiger partial charge in [0, 0.05) is 37.5 Å². The summed E-state index contributed by atoms with van der Waals surface area (Å²) in [5.41, 5.74) is 0.984. The van der Waals surface area contributed by atoms with Gasteiger partial charge in [0.05, 0.1) is 28.8 Å². The van der Waals surface area contributed by atoms with Crippen molar-refractivity contribution in [2.45, 2.75) is 12.8 Å². The lowest BCUT2D eigenvalue weighted by Crippen LogP contribution is -2.38. The molecule has 25 heavy (non-hydrogen) atoms. The normalized spacial score (nSPS) is 16.8. The molecule has 1 aliphatic rings. The molecule has 1 aliphatic heterocycles. The Morgan fingerprint density at radius 1 is 1.24 bits per heavy atom. The van der Waals surface area contributed by atoms with Gasteiger partial charge in [-0.15, -0.1) is 0 Å². The molecular formula is C18H16ClN5O. The summed E-state index contributed by atoms with van der Waals surface area (Å²) < 4.78 is 5.75. The predicted octanol–water partition coefficient (Wildman–Crippen LogP) is 3.17. The molecule has 1 fully saturated rings. The van der Waals surface area contributed by atoms with Crippen LogP contribution in [0.4, 0.5) is 5.82 Å². The van der Waals surface area contributed by atoms with Crippen molar-refractivity contribution in [3.8, 4) is 18.0 Å². The molecule has 1 unspecified atom stereocenters. The van der Waals surface area contributed by atoms with Crippen LogP contribution in [0.5, 0.6) is 5.88 Å². The maximum atomic E-state index is 8.92. The average Bonchev–Trinajstić information content (AvgIpc) is 2.66. The van der Waals surface area contributed by atoms with Crippen LogP contribution in [0.15, 0.2) is 30.6 Å². The van der Waals surface area contributed by atoms with E-state index in [1.54, 1.807) is 30.6 Å². The highest BCUT2D eigenvalue weighted by Crippen LogP contribution is 2.28. The fraction of sp³-hybridized carbons (Fsp3) is 0.333. The van der Waals surface area contributed by atoms with Crippen LogP contribution in [-0.4, -0.2) is 29.7 Å². The van der Waals surface area contributed by atoms with Crippen LogP contribution in [0.1, 0.15) is 24.0 Å². The van der Waals surface area contributed by atoms with E-state index >= 15 is 0 Å². The zero-order valence-electron chi connectivity index (χ0n) is 13.5. The lowest BCUT2D eigenvalue weighted by Gasteiger charge is -2.33. The third-order valence-corrected chi connectivity index (χ3v) is 4.38. The minimum absolute atomic E-state index is 0.315. The smallest absolute Gasteiger partial charge is 0.214 e. The molecule has 0 aliphatic carbocycles. The molecule has 0 saturated carbocycles. The molecule has 0 aromatic carbocycles. The summed E-state index contributed by atoms with van der Waals surface area (Å²) in [6.45, 7) is 2.17. The van der Waals surface area contributed by atoms with Crippen LogP contribution in [0, 0.1) is 28.6 Å². The van der Waals surface area contributed by atoms with Crippen LogP contribution in [-0.2, 0) is 0 Å². The van der Waals surface area contributed by atoms with Crippen molar-refractivity contribution >= 4 is 17.4 Å². The first kappa shape index (κ1) is 17.0. The van der Waals surface area contributed by atoms with Crippen molar-refractivity contribution in [2.24, 2.45) is 5.92 Å². The van der Waals surface area contributed by atoms with Gasteiger partial charge in [-0.05, 0) is 25.0 Å². The van der Waals surface area contributed by atoms with Crippen molar-refractivity contribution < 1.29 is 4.74 Å². The zero-order chi connectivity index (χ0) is 17.6. The molecule has 126 valence electrons. The number of anilines is 1. The number of aromatic nitrogens is 2. The largest absolute Gasteiger partial charge is 0.477 e. The number of hydrogen-bond acceptors (Lipinski definition) is 6. The van der Waals surface area contributed by atoms with Gasteiger partial charge in [0.1, 0.15) is 11.9 Å². The second-order valence-corrected chi connectivity index (χ2v) is 6.31. The summed E-state index contributed by atoms with van der Waals surface area (Å²) >= 11 is 6.27. The Morgan fingerprint density at radius 2 is 2.08 bits per heavy atom. The molecule has 2 aromatic rings. The molecule has 0 spiro atoms. The summed E-state index contributed by atoms with van der Waals surface area (Å²) in [4.78, 5) is 10.6. The Bertz CT molecular complexity index is 842. The van der Waals surface area contributed by atoms with Gasteiger partial charge in [0.2, 0.25) is 5.88 Å². The van der Waals surface area contributed by atoms with E-state index in [4.69, 9.17) is 26.9 Å². The zero-order valence-corrected chi connectivity index (χ0v) is 14.3. The summed E-state index contributed by atoms with van der Waals surface area (Å²) in [7, 11) is 0. The Hall–Kier alpha value is -2.83. The fourth-order valence-electron chi connectivity index (χ4n) is 2.88. The van der Waals surface area contributed by atoms with Crippen LogP contribution in [0.3, 0.4) is 0 Å². The van der Waals surface area contributed by atoms with E-state index in [0.717, 1.165) is 25.9 Å². The number of halogens is 1. The predicted molar refractivity (Wildman–Crippen MR) is 93.3 cm³/mol. The molecular weight excluding hydrogens is 338 g/mol. The van der Waals surface area contributed by atoms with E-state index in [1.807, 2.05) is 6.07 Å². The molecule has 0 bridgehead atoms. The molecule has 3 heterocycles. The van der Waals surface area contributed by atoms with Crippen LogP contribution in [0.25, 0.3) is 0 Å². The van der Waals surface area contributed by atoms with Gasteiger partial charge in [-0.1, -0.05) is 11.6 Å². The number of rotatable bonds is 4. The number of nitrogens with zero attached hydrogens (tertiary/aromatic N) is 5. The number of piperidine rings is 1. The Balaban J connectivity index is 1.63. The third-order valence-electron chi connectivity index (χ3n) is 4.10. The van der Waals surface area contributed by atoms with Gasteiger partial charge in [-0.3, -0.25) is 0 Å². The van der Waals surface area contributed by atoms with Crippen LogP contribution >= 0.6 is 11.6 Å². The highest BCUT2D eigenvalue weighted by Gasteiger charge is 2.23. The molecule has 2 aromatic heterocycles. The Kier molecular flexibility index (Phi) is 5.33. The van der Waals surface area contributed by atoms with Crippen LogP contribution in [0.2, 0.25) is 5.02 Å². The monoisotopic (exact) mass is 353 g/mol. The van der Waals surface area contributed by atoms with Gasteiger partial charge in [-0.2, -0.15) is 10.5 Å². The maximum absolute atomic E-state index is 8.92. The van der Waals surface area contributed by atoms with Crippen molar-refractivity contribution in [2.75, 3.05) is 24.6 Å². The van der Waals surface area contributed by atoms with Crippen molar-refractivity contribution in [1.82, 2.24) is 9.97 Å². The van der Waals surface area contributed by atoms with Gasteiger partial charge in [-0.25, -0.2) is 9.97 Å². The second kappa shape index (κ2) is 7.83. The van der Waals surface area contributed by atoms with Gasteiger partial charge in [0.15, 0.2) is 0 Å². The van der Waals surface area contributed by atoms with Crippen molar-refractivity contribution in [3.05, 3.63) is 46.7 Å². The molecule has 0 amide bonds. The van der Waals surface area contributed by atoms with E-state index < -0.39 is 0 Å². The topological polar surface area (TPSA) is 85.8 Å². The van der Waals surface area contributed by atoms with Crippen LogP contribution < -0.4 is 9.64 Å². The molecule has 0 radical (unpaired) electrons. The first-order valence-corrected chi connectivity index (χ1v) is 8.37. The van der Waals surface area contributed by atoms with Crippen molar-refractivity contribution in [3.63, 3.8) is 0 Å². The maximum Gasteiger partial charge on any atom is 0.214 e. The average molecular weight is 354 g/mol. The van der Waals surface area contributed by atoms with E-state index in [2.05, 4.69) is 20.9 Å². The van der Waals surface area contributed by atoms with E-state index in [1.165, 1.54) is 0 Å². The minimum Gasteiger partial charge on any atom is -0.477 e. The van der Waals surface area contributed by atoms with Gasteiger partial charge < -0.3 is 9.64 Å². The standard InChI is InChI=1S/C18H16ClN5O/c19-16-6-15(9-21)10-23-18(16)24-5-1-2-14(11-24)12-25-17-7-13(8-20)3-4-22-17/h3-4,6-7,10,14H,1-2,5,11-12H2. The molecule has 1 saturated heterocycles. The number of hydrogen-bond donors (Lipinski definition) is 0. The molecule has 1 atom stereocenters. The van der Waals surface area contributed by atoms with Crippen molar-refractivity contribution in [1.29, 1.82) is 10.5 Å². The minimum atomic E-state index is 0.315. The molecule has 6 nitrogen and oxygen atoms in total. The summed E-state index contributed by atoms with van der Waals surface area (Å²) in [5.74, 6) is 1.48. The SMILES string of the molecule is N#Cc1ccnc(OCC2CCCN(c3ncc(C#N)cc3Cl)C2)c1. The quantitative estimate of drug-likeness (QED) is 0.839. The third kappa shape index (κ3) is 4.17. The van der Waals surface area contributed by atoms with Gasteiger partial charge in [0.25, 0.3) is 0 Å². The summed E-state index contributed by atoms with van der Waals surface area (Å²) in [5, 5.41) is 18.3. The summed E-state index contributed by atoms with van der Waals surface area (Å²) in [6, 6.07) is 9.04. The fourth-order valence-corrected chi connectivity index (χ4v) is 3.17. The number of nitriles is 2. The highest BCUT2D eigenvalue weighted by molar-refractivity contribution is 6.33.